The van der Waals surface area contributed by atoms with Gasteiger partial charge in [0.25, 0.3) is 10.0 Å². The lowest BCUT2D eigenvalue weighted by molar-refractivity contribution is 0.0317. The highest BCUT2D eigenvalue weighted by molar-refractivity contribution is 7.89. The third kappa shape index (κ3) is 4.69. The maximum atomic E-state index is 13.3. The molecule has 2 aliphatic rings. The highest BCUT2D eigenvalue weighted by Crippen LogP contribution is 2.35. The lowest BCUT2D eigenvalue weighted by Crippen LogP contribution is -2.36. The van der Waals surface area contributed by atoms with E-state index in [9.17, 15) is 8.42 Å². The van der Waals surface area contributed by atoms with Gasteiger partial charge in [-0.2, -0.15) is 4.31 Å². The summed E-state index contributed by atoms with van der Waals surface area (Å²) in [6.45, 7) is 2.36. The molecule has 174 valence electrons. The molecule has 2 fully saturated rings. The molecule has 2 unspecified atom stereocenters. The zero-order valence-electron chi connectivity index (χ0n) is 18.8. The first kappa shape index (κ1) is 22.1. The molecule has 2 aromatic carbocycles. The van der Waals surface area contributed by atoms with Crippen molar-refractivity contribution >= 4 is 15.7 Å². The van der Waals surface area contributed by atoms with E-state index in [1.54, 1.807) is 22.1 Å². The number of hydrogen-bond acceptors (Lipinski definition) is 5. The Balaban J connectivity index is 1.41. The number of imidazole rings is 1. The van der Waals surface area contributed by atoms with Crippen molar-refractivity contribution in [3.63, 3.8) is 0 Å². The van der Waals surface area contributed by atoms with E-state index in [1.807, 2.05) is 24.3 Å². The van der Waals surface area contributed by atoms with E-state index in [2.05, 4.69) is 40.6 Å². The number of ether oxygens (including phenoxy) is 1. The van der Waals surface area contributed by atoms with Gasteiger partial charge in [0.2, 0.25) is 0 Å². The Labute approximate surface area is 195 Å². The topological polar surface area (TPSA) is 76.5 Å². The van der Waals surface area contributed by atoms with Crippen molar-refractivity contribution in [1.82, 2.24) is 13.9 Å². The molecule has 3 aromatic rings. The SMILES string of the molecule is Cn1cnc(S(=O)(=O)N2CC(Nc3cccc(-c4ccccc4)c3)C([C@@H]3CCCOC3)C2)c1. The minimum Gasteiger partial charge on any atom is -0.381 e. The molecule has 0 bridgehead atoms. The van der Waals surface area contributed by atoms with Gasteiger partial charge in [-0.1, -0.05) is 42.5 Å². The summed E-state index contributed by atoms with van der Waals surface area (Å²) in [4.78, 5) is 4.11. The summed E-state index contributed by atoms with van der Waals surface area (Å²) in [5, 5.41) is 3.78. The third-order valence-corrected chi connectivity index (χ3v) is 8.46. The zero-order valence-corrected chi connectivity index (χ0v) is 19.6. The molecule has 8 heteroatoms. The van der Waals surface area contributed by atoms with E-state index in [1.165, 1.54) is 6.33 Å². The maximum absolute atomic E-state index is 13.3. The van der Waals surface area contributed by atoms with Gasteiger partial charge in [0, 0.05) is 51.3 Å². The number of sulfonamides is 1. The second-order valence-corrected chi connectivity index (χ2v) is 10.9. The Hall–Kier alpha value is -2.68. The van der Waals surface area contributed by atoms with Crippen molar-refractivity contribution in [1.29, 1.82) is 0 Å². The van der Waals surface area contributed by atoms with Crippen LogP contribution in [-0.2, 0) is 21.8 Å². The van der Waals surface area contributed by atoms with Crippen molar-refractivity contribution in [3.8, 4) is 11.1 Å². The molecule has 1 N–H and O–H groups in total. The summed E-state index contributed by atoms with van der Waals surface area (Å²) in [7, 11) is -1.87. The largest absolute Gasteiger partial charge is 0.381 e. The van der Waals surface area contributed by atoms with Gasteiger partial charge < -0.3 is 14.6 Å². The Bertz CT molecular complexity index is 1190. The van der Waals surface area contributed by atoms with Crippen LogP contribution in [0.1, 0.15) is 12.8 Å². The van der Waals surface area contributed by atoms with E-state index < -0.39 is 10.0 Å². The van der Waals surface area contributed by atoms with Gasteiger partial charge in [-0.25, -0.2) is 13.4 Å². The van der Waals surface area contributed by atoms with Crippen LogP contribution in [0.4, 0.5) is 5.69 Å². The van der Waals surface area contributed by atoms with Crippen LogP contribution in [0.15, 0.2) is 72.1 Å². The third-order valence-electron chi connectivity index (χ3n) is 6.74. The van der Waals surface area contributed by atoms with Crippen LogP contribution in [0, 0.1) is 11.8 Å². The summed E-state index contributed by atoms with van der Waals surface area (Å²) >= 11 is 0. The highest BCUT2D eigenvalue weighted by Gasteiger charge is 2.43. The fraction of sp³-hybridized carbons (Fsp3) is 0.400. The summed E-state index contributed by atoms with van der Waals surface area (Å²) < 4.78 is 35.6. The number of nitrogens with one attached hydrogen (secondary N) is 1. The van der Waals surface area contributed by atoms with Gasteiger partial charge in [0.1, 0.15) is 0 Å². The molecule has 0 aliphatic carbocycles. The van der Waals surface area contributed by atoms with E-state index in [-0.39, 0.29) is 17.0 Å². The minimum atomic E-state index is -3.65. The molecule has 0 saturated carbocycles. The number of aryl methyl sites for hydroxylation is 1. The Morgan fingerprint density at radius 1 is 1.06 bits per heavy atom. The predicted octanol–water partition coefficient (Wildman–Crippen LogP) is 3.61. The second kappa shape index (κ2) is 9.29. The summed E-state index contributed by atoms with van der Waals surface area (Å²) in [6.07, 6.45) is 5.17. The standard InChI is InChI=1S/C25H30N4O3S/c1-28-16-25(26-18-28)33(30,31)29-14-23(21-10-6-12-32-17-21)24(15-29)27-22-11-5-9-20(13-22)19-7-3-2-4-8-19/h2-5,7-9,11,13,16,18,21,23-24,27H,6,10,12,14-15,17H2,1H3/t21-,23?,24?/m1/s1. The van der Waals surface area contributed by atoms with Gasteiger partial charge in [-0.05, 0) is 47.9 Å². The molecule has 2 aliphatic heterocycles. The first-order chi connectivity index (χ1) is 16.0. The zero-order chi connectivity index (χ0) is 22.8. The van der Waals surface area contributed by atoms with Crippen LogP contribution < -0.4 is 5.32 Å². The van der Waals surface area contributed by atoms with Crippen LogP contribution in [0.25, 0.3) is 11.1 Å². The molecule has 2 saturated heterocycles. The van der Waals surface area contributed by atoms with Crippen LogP contribution in [0.3, 0.4) is 0 Å². The molecule has 0 spiro atoms. The summed E-state index contributed by atoms with van der Waals surface area (Å²) in [5.74, 6) is 0.502. The maximum Gasteiger partial charge on any atom is 0.262 e. The van der Waals surface area contributed by atoms with Gasteiger partial charge in [-0.15, -0.1) is 0 Å². The molecule has 0 radical (unpaired) electrons. The quantitative estimate of drug-likeness (QED) is 0.601. The van der Waals surface area contributed by atoms with Crippen molar-refractivity contribution in [2.75, 3.05) is 31.6 Å². The molecule has 1 aromatic heterocycles. The Morgan fingerprint density at radius 3 is 2.61 bits per heavy atom. The van der Waals surface area contributed by atoms with Crippen molar-refractivity contribution in [3.05, 3.63) is 67.1 Å². The van der Waals surface area contributed by atoms with Crippen LogP contribution in [-0.4, -0.2) is 54.6 Å². The van der Waals surface area contributed by atoms with Crippen LogP contribution in [0.5, 0.6) is 0 Å². The van der Waals surface area contributed by atoms with Crippen molar-refractivity contribution in [2.45, 2.75) is 23.9 Å². The van der Waals surface area contributed by atoms with Gasteiger partial charge in [0.15, 0.2) is 5.03 Å². The summed E-state index contributed by atoms with van der Waals surface area (Å²) in [6, 6.07) is 18.6. The molecule has 7 nitrogen and oxygen atoms in total. The molecule has 0 amide bonds. The van der Waals surface area contributed by atoms with Gasteiger partial charge in [0.05, 0.1) is 6.33 Å². The van der Waals surface area contributed by atoms with Crippen LogP contribution >= 0.6 is 0 Å². The average Bonchev–Trinajstić information content (AvgIpc) is 3.48. The second-order valence-electron chi connectivity index (χ2n) is 9.04. The van der Waals surface area contributed by atoms with E-state index in [0.717, 1.165) is 36.3 Å². The number of anilines is 1. The number of benzene rings is 2. The number of hydrogen-bond donors (Lipinski definition) is 1. The van der Waals surface area contributed by atoms with E-state index >= 15 is 0 Å². The number of nitrogens with zero attached hydrogens (tertiary/aromatic N) is 3. The fourth-order valence-electron chi connectivity index (χ4n) is 5.01. The fourth-order valence-corrected chi connectivity index (χ4v) is 6.48. The Morgan fingerprint density at radius 2 is 1.88 bits per heavy atom. The molecule has 3 atom stereocenters. The molecule has 5 rings (SSSR count). The molecular formula is C25H30N4O3S. The molecule has 3 heterocycles. The highest BCUT2D eigenvalue weighted by atomic mass is 32.2. The van der Waals surface area contributed by atoms with E-state index in [4.69, 9.17) is 4.74 Å². The minimum absolute atomic E-state index is 0.00112. The van der Waals surface area contributed by atoms with Crippen molar-refractivity contribution < 1.29 is 13.2 Å². The molecule has 33 heavy (non-hydrogen) atoms. The summed E-state index contributed by atoms with van der Waals surface area (Å²) in [5.41, 5.74) is 3.29. The lowest BCUT2D eigenvalue weighted by Gasteiger charge is -2.31. The smallest absolute Gasteiger partial charge is 0.262 e. The normalized spacial score (nSPS) is 24.1. The van der Waals surface area contributed by atoms with Gasteiger partial charge in [-0.3, -0.25) is 0 Å². The average molecular weight is 467 g/mol. The van der Waals surface area contributed by atoms with Crippen LogP contribution in [0.2, 0.25) is 0 Å². The molecular weight excluding hydrogens is 436 g/mol. The van der Waals surface area contributed by atoms with E-state index in [0.29, 0.717) is 25.6 Å². The van der Waals surface area contributed by atoms with Crippen molar-refractivity contribution in [2.24, 2.45) is 18.9 Å². The number of aromatic nitrogens is 2. The lowest BCUT2D eigenvalue weighted by atomic mass is 9.84. The Kier molecular flexibility index (Phi) is 6.23. The first-order valence-corrected chi connectivity index (χ1v) is 12.9. The van der Waals surface area contributed by atoms with Gasteiger partial charge >= 0.3 is 0 Å². The first-order valence-electron chi connectivity index (χ1n) is 11.5. The monoisotopic (exact) mass is 466 g/mol. The number of rotatable bonds is 6. The predicted molar refractivity (Wildman–Crippen MR) is 128 cm³/mol.